The monoisotopic (exact) mass is 437 g/mol. The quantitative estimate of drug-likeness (QED) is 0.511. The van der Waals surface area contributed by atoms with Crippen molar-refractivity contribution < 1.29 is 19.0 Å². The number of carbonyl (C=O) groups is 1. The highest BCUT2D eigenvalue weighted by Crippen LogP contribution is 2.41. The number of hydrogen-bond donors (Lipinski definition) is 1. The Kier molecular flexibility index (Phi) is 7.21. The molecule has 8 heteroatoms. The first-order valence-electron chi connectivity index (χ1n) is 9.66. The minimum Gasteiger partial charge on any atom is -0.496 e. The van der Waals surface area contributed by atoms with Gasteiger partial charge in [-0.3, -0.25) is 0 Å². The van der Waals surface area contributed by atoms with Crippen LogP contribution in [0.25, 0.3) is 0 Å². The molecule has 1 aromatic heterocycles. The number of pyridine rings is 1. The van der Waals surface area contributed by atoms with Crippen LogP contribution in [0.5, 0.6) is 5.75 Å². The van der Waals surface area contributed by atoms with Crippen LogP contribution in [0, 0.1) is 11.3 Å². The summed E-state index contributed by atoms with van der Waals surface area (Å²) in [4.78, 5) is 17.0. The summed E-state index contributed by atoms with van der Waals surface area (Å²) in [5.74, 6) is 0.370. The molecule has 2 aromatic rings. The molecule has 0 aliphatic carbocycles. The summed E-state index contributed by atoms with van der Waals surface area (Å²) in [7, 11) is 1.60. The maximum Gasteiger partial charge on any atom is 0.338 e. The molecule has 0 fully saturated rings. The van der Waals surface area contributed by atoms with E-state index >= 15 is 0 Å². The molecule has 1 aliphatic rings. The molecule has 0 unspecified atom stereocenters. The van der Waals surface area contributed by atoms with Gasteiger partial charge in [0, 0.05) is 17.5 Å². The molecule has 0 saturated heterocycles. The zero-order chi connectivity index (χ0) is 22.4. The van der Waals surface area contributed by atoms with E-state index in [-0.39, 0.29) is 23.6 Å². The number of benzene rings is 1. The summed E-state index contributed by atoms with van der Waals surface area (Å²) in [5.41, 5.74) is 8.04. The van der Waals surface area contributed by atoms with E-state index in [4.69, 9.17) is 19.9 Å². The number of rotatable bonds is 7. The van der Waals surface area contributed by atoms with Gasteiger partial charge in [-0.15, -0.1) is 11.8 Å². The van der Waals surface area contributed by atoms with Crippen LogP contribution < -0.4 is 10.5 Å². The molecule has 7 nitrogen and oxygen atoms in total. The number of allylic oxidation sites excluding steroid dienone is 2. The van der Waals surface area contributed by atoms with E-state index < -0.39 is 11.9 Å². The second-order valence-corrected chi connectivity index (χ2v) is 7.64. The van der Waals surface area contributed by atoms with Gasteiger partial charge in [0.05, 0.1) is 30.2 Å². The Labute approximate surface area is 185 Å². The number of methoxy groups -OCH3 is 1. The van der Waals surface area contributed by atoms with Gasteiger partial charge in [-0.2, -0.15) is 5.26 Å². The van der Waals surface area contributed by atoms with Gasteiger partial charge in [-0.1, -0.05) is 18.2 Å². The van der Waals surface area contributed by atoms with E-state index in [9.17, 15) is 10.1 Å². The molecule has 0 amide bonds. The van der Waals surface area contributed by atoms with Crippen molar-refractivity contribution in [2.75, 3.05) is 13.7 Å². The molecular formula is C23H23N3O4S. The molecular weight excluding hydrogens is 414 g/mol. The SMILES string of the molecule is CCOC(=O)C1=C(C)OC(N)=C(C#N)[C@@H]1c1ccc(OC)c(CSc2ccccn2)c1. The normalized spacial score (nSPS) is 15.9. The Hall–Kier alpha value is -3.44. The molecule has 0 spiro atoms. The van der Waals surface area contributed by atoms with E-state index in [0.717, 1.165) is 16.2 Å². The van der Waals surface area contributed by atoms with Crippen molar-refractivity contribution in [2.45, 2.75) is 30.5 Å². The van der Waals surface area contributed by atoms with Crippen molar-refractivity contribution in [3.8, 4) is 11.8 Å². The van der Waals surface area contributed by atoms with E-state index in [1.54, 1.807) is 38.9 Å². The van der Waals surface area contributed by atoms with E-state index in [2.05, 4.69) is 11.1 Å². The number of ether oxygens (including phenoxy) is 3. The Morgan fingerprint density at radius 2 is 2.16 bits per heavy atom. The van der Waals surface area contributed by atoms with Crippen LogP contribution in [0.3, 0.4) is 0 Å². The molecule has 1 aromatic carbocycles. The van der Waals surface area contributed by atoms with Crippen molar-refractivity contribution in [3.63, 3.8) is 0 Å². The van der Waals surface area contributed by atoms with Crippen LogP contribution in [-0.2, 0) is 20.0 Å². The molecule has 0 radical (unpaired) electrons. The van der Waals surface area contributed by atoms with Crippen LogP contribution in [0.2, 0.25) is 0 Å². The molecule has 1 atom stereocenters. The molecule has 160 valence electrons. The fourth-order valence-corrected chi connectivity index (χ4v) is 4.20. The third kappa shape index (κ3) is 4.84. The number of thioether (sulfide) groups is 1. The minimum atomic E-state index is -0.692. The lowest BCUT2D eigenvalue weighted by Crippen LogP contribution is -2.25. The Morgan fingerprint density at radius 1 is 1.35 bits per heavy atom. The number of nitrogens with two attached hydrogens (primary N) is 1. The molecule has 0 saturated carbocycles. The van der Waals surface area contributed by atoms with Gasteiger partial charge in [0.1, 0.15) is 23.2 Å². The highest BCUT2D eigenvalue weighted by Gasteiger charge is 2.36. The van der Waals surface area contributed by atoms with Gasteiger partial charge in [0.2, 0.25) is 5.88 Å². The number of aromatic nitrogens is 1. The standard InChI is InChI=1S/C23H23N3O4S/c1-4-29-23(27)20-14(2)30-22(25)17(12-24)21(20)15-8-9-18(28-3)16(11-15)13-31-19-7-5-6-10-26-19/h5-11,21H,4,13,25H2,1-3H3/t21-/m0/s1. The predicted octanol–water partition coefficient (Wildman–Crippen LogP) is 4.03. The summed E-state index contributed by atoms with van der Waals surface area (Å²) in [6, 6.07) is 13.4. The smallest absolute Gasteiger partial charge is 0.338 e. The first-order chi connectivity index (χ1) is 15.0. The summed E-state index contributed by atoms with van der Waals surface area (Å²) >= 11 is 1.56. The molecule has 0 bridgehead atoms. The molecule has 1 aliphatic heterocycles. The van der Waals surface area contributed by atoms with E-state index in [1.807, 2.05) is 36.4 Å². The van der Waals surface area contributed by atoms with Gasteiger partial charge >= 0.3 is 5.97 Å². The van der Waals surface area contributed by atoms with Crippen LogP contribution in [0.1, 0.15) is 30.9 Å². The van der Waals surface area contributed by atoms with Gasteiger partial charge in [0.15, 0.2) is 0 Å². The lowest BCUT2D eigenvalue weighted by molar-refractivity contribution is -0.139. The summed E-state index contributed by atoms with van der Waals surface area (Å²) in [6.45, 7) is 3.57. The Bertz CT molecular complexity index is 1070. The van der Waals surface area contributed by atoms with Crippen molar-refractivity contribution in [2.24, 2.45) is 5.73 Å². The van der Waals surface area contributed by atoms with Crippen molar-refractivity contribution >= 4 is 17.7 Å². The van der Waals surface area contributed by atoms with Crippen LogP contribution in [0.4, 0.5) is 0 Å². The zero-order valence-corrected chi connectivity index (χ0v) is 18.4. The van der Waals surface area contributed by atoms with Gasteiger partial charge in [-0.05, 0) is 37.6 Å². The van der Waals surface area contributed by atoms with Crippen LogP contribution in [-0.4, -0.2) is 24.7 Å². The average molecular weight is 438 g/mol. The van der Waals surface area contributed by atoms with Crippen LogP contribution >= 0.6 is 11.8 Å². The third-order valence-corrected chi connectivity index (χ3v) is 5.74. The third-order valence-electron chi connectivity index (χ3n) is 4.75. The maximum absolute atomic E-state index is 12.7. The predicted molar refractivity (Wildman–Crippen MR) is 117 cm³/mol. The molecule has 2 heterocycles. The highest BCUT2D eigenvalue weighted by molar-refractivity contribution is 7.98. The van der Waals surface area contributed by atoms with Crippen molar-refractivity contribution in [3.05, 3.63) is 76.5 Å². The average Bonchev–Trinajstić information content (AvgIpc) is 2.77. The fourth-order valence-electron chi connectivity index (χ4n) is 3.36. The van der Waals surface area contributed by atoms with Crippen LogP contribution in [0.15, 0.2) is 70.4 Å². The second kappa shape index (κ2) is 10.0. The maximum atomic E-state index is 12.7. The van der Waals surface area contributed by atoms with Crippen molar-refractivity contribution in [1.29, 1.82) is 5.26 Å². The van der Waals surface area contributed by atoms with Gasteiger partial charge in [-0.25, -0.2) is 9.78 Å². The highest BCUT2D eigenvalue weighted by atomic mass is 32.2. The van der Waals surface area contributed by atoms with Gasteiger partial charge < -0.3 is 19.9 Å². The van der Waals surface area contributed by atoms with Crippen molar-refractivity contribution in [1.82, 2.24) is 4.98 Å². The number of carbonyl (C=O) groups excluding carboxylic acids is 1. The summed E-state index contributed by atoms with van der Waals surface area (Å²) in [5, 5.41) is 10.6. The van der Waals surface area contributed by atoms with E-state index in [0.29, 0.717) is 17.3 Å². The summed E-state index contributed by atoms with van der Waals surface area (Å²) < 4.78 is 16.2. The lowest BCUT2D eigenvalue weighted by atomic mass is 9.82. The first kappa shape index (κ1) is 22.2. The number of nitriles is 1. The summed E-state index contributed by atoms with van der Waals surface area (Å²) in [6.07, 6.45) is 1.74. The Morgan fingerprint density at radius 3 is 2.81 bits per heavy atom. The molecule has 2 N–H and O–H groups in total. The lowest BCUT2D eigenvalue weighted by Gasteiger charge is -2.27. The molecule has 3 rings (SSSR count). The Balaban J connectivity index is 2.04. The first-order valence-corrected chi connectivity index (χ1v) is 10.6. The topological polar surface area (TPSA) is 107 Å². The number of hydrogen-bond acceptors (Lipinski definition) is 8. The number of nitrogens with zero attached hydrogens (tertiary/aromatic N) is 2. The van der Waals surface area contributed by atoms with E-state index in [1.165, 1.54) is 0 Å². The fraction of sp³-hybridized carbons (Fsp3) is 0.261. The zero-order valence-electron chi connectivity index (χ0n) is 17.5. The largest absolute Gasteiger partial charge is 0.496 e. The molecule has 31 heavy (non-hydrogen) atoms. The second-order valence-electron chi connectivity index (χ2n) is 6.64. The number of esters is 1. The van der Waals surface area contributed by atoms with Gasteiger partial charge in [0.25, 0.3) is 0 Å². The minimum absolute atomic E-state index is 0.0155.